The summed E-state index contributed by atoms with van der Waals surface area (Å²) in [5.41, 5.74) is 6.85. The van der Waals surface area contributed by atoms with Gasteiger partial charge in [0.2, 0.25) is 0 Å². The van der Waals surface area contributed by atoms with Crippen molar-refractivity contribution in [3.05, 3.63) is 35.9 Å². The molecule has 0 aliphatic heterocycles. The summed E-state index contributed by atoms with van der Waals surface area (Å²) in [5.74, 6) is -0.300. The van der Waals surface area contributed by atoms with Gasteiger partial charge in [-0.1, -0.05) is 30.3 Å². The lowest BCUT2D eigenvalue weighted by Gasteiger charge is -2.15. The van der Waals surface area contributed by atoms with Crippen molar-refractivity contribution in [1.82, 2.24) is 0 Å². The monoisotopic (exact) mass is 237 g/mol. The number of methoxy groups -OCH3 is 1. The van der Waals surface area contributed by atoms with Crippen LogP contribution in [0.3, 0.4) is 0 Å². The molecule has 0 aromatic heterocycles. The second-order valence-corrected chi connectivity index (χ2v) is 3.98. The summed E-state index contributed by atoms with van der Waals surface area (Å²) in [6.07, 6.45) is -0.0617. The molecule has 0 aliphatic carbocycles. The second kappa shape index (κ2) is 7.04. The number of hydrogen-bond acceptors (Lipinski definition) is 4. The van der Waals surface area contributed by atoms with Crippen molar-refractivity contribution in [2.45, 2.75) is 25.5 Å². The van der Waals surface area contributed by atoms with Crippen LogP contribution in [0.15, 0.2) is 30.3 Å². The zero-order valence-corrected chi connectivity index (χ0v) is 10.3. The highest BCUT2D eigenvalue weighted by atomic mass is 16.6. The summed E-state index contributed by atoms with van der Waals surface area (Å²) in [4.78, 5) is 11.6. The van der Waals surface area contributed by atoms with Gasteiger partial charge in [0.25, 0.3) is 0 Å². The largest absolute Gasteiger partial charge is 0.460 e. The molecule has 0 aliphatic rings. The zero-order valence-electron chi connectivity index (χ0n) is 10.3. The van der Waals surface area contributed by atoms with Gasteiger partial charge in [-0.2, -0.15) is 0 Å². The first-order valence-electron chi connectivity index (χ1n) is 5.62. The van der Waals surface area contributed by atoms with E-state index in [1.807, 2.05) is 30.3 Å². The normalized spacial score (nSPS) is 14.1. The molecule has 1 rings (SSSR count). The Morgan fingerprint density at radius 3 is 2.59 bits per heavy atom. The van der Waals surface area contributed by atoms with Crippen molar-refractivity contribution in [3.63, 3.8) is 0 Å². The Hall–Kier alpha value is -1.39. The number of carbonyl (C=O) groups excluding carboxylic acids is 1. The third kappa shape index (κ3) is 4.97. The molecule has 1 aromatic carbocycles. The van der Waals surface area contributed by atoms with Gasteiger partial charge in [0.15, 0.2) is 0 Å². The fraction of sp³-hybridized carbons (Fsp3) is 0.462. The average molecular weight is 237 g/mol. The summed E-state index contributed by atoms with van der Waals surface area (Å²) < 4.78 is 10.0. The molecular weight excluding hydrogens is 218 g/mol. The van der Waals surface area contributed by atoms with E-state index in [0.29, 0.717) is 6.61 Å². The molecule has 0 amide bonds. The van der Waals surface area contributed by atoms with Crippen LogP contribution in [0.25, 0.3) is 0 Å². The molecule has 0 saturated heterocycles. The Morgan fingerprint density at radius 1 is 1.35 bits per heavy atom. The third-order valence-electron chi connectivity index (χ3n) is 2.35. The van der Waals surface area contributed by atoms with Gasteiger partial charge in [0, 0.05) is 13.2 Å². The van der Waals surface area contributed by atoms with E-state index in [4.69, 9.17) is 15.2 Å². The molecule has 0 radical (unpaired) electrons. The molecule has 2 N–H and O–H groups in total. The molecule has 0 heterocycles. The summed E-state index contributed by atoms with van der Waals surface area (Å²) in [7, 11) is 1.57. The van der Waals surface area contributed by atoms with E-state index in [1.54, 1.807) is 14.0 Å². The minimum Gasteiger partial charge on any atom is -0.460 e. The van der Waals surface area contributed by atoms with E-state index in [1.165, 1.54) is 0 Å². The Kier molecular flexibility index (Phi) is 5.66. The van der Waals surface area contributed by atoms with E-state index in [0.717, 1.165) is 5.56 Å². The number of rotatable bonds is 6. The highest BCUT2D eigenvalue weighted by Crippen LogP contribution is 2.14. The van der Waals surface area contributed by atoms with Gasteiger partial charge in [-0.05, 0) is 12.5 Å². The number of hydrogen-bond donors (Lipinski definition) is 1. The van der Waals surface area contributed by atoms with Gasteiger partial charge >= 0.3 is 5.97 Å². The Bertz CT molecular complexity index is 340. The molecule has 0 spiro atoms. The Labute approximate surface area is 102 Å². The maximum Gasteiger partial charge on any atom is 0.308 e. The van der Waals surface area contributed by atoms with Crippen molar-refractivity contribution in [1.29, 1.82) is 0 Å². The lowest BCUT2D eigenvalue weighted by Crippen LogP contribution is -2.23. The molecule has 2 atom stereocenters. The molecule has 1 aromatic rings. The van der Waals surface area contributed by atoms with E-state index in [2.05, 4.69) is 0 Å². The van der Waals surface area contributed by atoms with Gasteiger partial charge in [-0.15, -0.1) is 0 Å². The molecule has 17 heavy (non-hydrogen) atoms. The fourth-order valence-corrected chi connectivity index (χ4v) is 1.54. The third-order valence-corrected chi connectivity index (χ3v) is 2.35. The van der Waals surface area contributed by atoms with Gasteiger partial charge in [0.05, 0.1) is 13.0 Å². The lowest BCUT2D eigenvalue weighted by molar-refractivity contribution is -0.150. The van der Waals surface area contributed by atoms with E-state index in [-0.39, 0.29) is 24.5 Å². The van der Waals surface area contributed by atoms with E-state index in [9.17, 15) is 4.79 Å². The van der Waals surface area contributed by atoms with Gasteiger partial charge < -0.3 is 15.2 Å². The van der Waals surface area contributed by atoms with Crippen molar-refractivity contribution >= 4 is 5.97 Å². The molecule has 2 unspecified atom stereocenters. The summed E-state index contributed by atoms with van der Waals surface area (Å²) in [6.45, 7) is 2.18. The first kappa shape index (κ1) is 13.7. The topological polar surface area (TPSA) is 61.5 Å². The van der Waals surface area contributed by atoms with Crippen LogP contribution in [0.1, 0.15) is 24.9 Å². The van der Waals surface area contributed by atoms with Crippen molar-refractivity contribution in [2.75, 3.05) is 13.7 Å². The molecular formula is C13H19NO3. The van der Waals surface area contributed by atoms with Crippen LogP contribution in [-0.4, -0.2) is 25.8 Å². The fourth-order valence-electron chi connectivity index (χ4n) is 1.54. The first-order valence-corrected chi connectivity index (χ1v) is 5.62. The quantitative estimate of drug-likeness (QED) is 0.764. The number of carbonyl (C=O) groups is 1. The second-order valence-electron chi connectivity index (χ2n) is 3.98. The maximum absolute atomic E-state index is 11.6. The van der Waals surface area contributed by atoms with Crippen LogP contribution in [-0.2, 0) is 14.3 Å². The van der Waals surface area contributed by atoms with Crippen molar-refractivity contribution in [2.24, 2.45) is 5.73 Å². The summed E-state index contributed by atoms with van der Waals surface area (Å²) >= 11 is 0. The van der Waals surface area contributed by atoms with E-state index < -0.39 is 0 Å². The number of esters is 1. The SMILES string of the molecule is COCC(C)OC(=O)CC(N)c1ccccc1. The van der Waals surface area contributed by atoms with Crippen LogP contribution in [0, 0.1) is 0 Å². The molecule has 94 valence electrons. The standard InChI is InChI=1S/C13H19NO3/c1-10(9-16-2)17-13(15)8-12(14)11-6-4-3-5-7-11/h3-7,10,12H,8-9,14H2,1-2H3. The van der Waals surface area contributed by atoms with Crippen LogP contribution >= 0.6 is 0 Å². The maximum atomic E-state index is 11.6. The summed E-state index contributed by atoms with van der Waals surface area (Å²) in [5, 5.41) is 0. The minimum atomic E-state index is -0.321. The van der Waals surface area contributed by atoms with Gasteiger partial charge in [0.1, 0.15) is 6.10 Å². The predicted molar refractivity (Wildman–Crippen MR) is 65.4 cm³/mol. The molecule has 0 saturated carbocycles. The highest BCUT2D eigenvalue weighted by molar-refractivity contribution is 5.70. The smallest absolute Gasteiger partial charge is 0.308 e. The highest BCUT2D eigenvalue weighted by Gasteiger charge is 2.14. The van der Waals surface area contributed by atoms with E-state index >= 15 is 0 Å². The zero-order chi connectivity index (χ0) is 12.7. The summed E-state index contributed by atoms with van der Waals surface area (Å²) in [6, 6.07) is 9.18. The average Bonchev–Trinajstić information content (AvgIpc) is 2.30. The van der Waals surface area contributed by atoms with Crippen LogP contribution < -0.4 is 5.73 Å². The van der Waals surface area contributed by atoms with Gasteiger partial charge in [-0.25, -0.2) is 0 Å². The number of benzene rings is 1. The number of nitrogens with two attached hydrogens (primary N) is 1. The Balaban J connectivity index is 2.41. The molecule has 0 bridgehead atoms. The minimum absolute atomic E-state index is 0.179. The predicted octanol–water partition coefficient (Wildman–Crippen LogP) is 1.65. The van der Waals surface area contributed by atoms with Crippen LogP contribution in [0.4, 0.5) is 0 Å². The van der Waals surface area contributed by atoms with Crippen molar-refractivity contribution < 1.29 is 14.3 Å². The van der Waals surface area contributed by atoms with Crippen LogP contribution in [0.5, 0.6) is 0 Å². The number of ether oxygens (including phenoxy) is 2. The molecule has 0 fully saturated rings. The Morgan fingerprint density at radius 2 is 2.00 bits per heavy atom. The molecule has 4 nitrogen and oxygen atoms in total. The van der Waals surface area contributed by atoms with Crippen molar-refractivity contribution in [3.8, 4) is 0 Å². The first-order chi connectivity index (χ1) is 8.13. The molecule has 4 heteroatoms. The lowest BCUT2D eigenvalue weighted by atomic mass is 10.1. The van der Waals surface area contributed by atoms with Crippen LogP contribution in [0.2, 0.25) is 0 Å². The van der Waals surface area contributed by atoms with Gasteiger partial charge in [-0.3, -0.25) is 4.79 Å².